The molecular weight excluding hydrogens is 234 g/mol. The Morgan fingerprint density at radius 1 is 1.00 bits per heavy atom. The van der Waals surface area contributed by atoms with Gasteiger partial charge in [0.05, 0.1) is 16.3 Å². The van der Waals surface area contributed by atoms with Crippen molar-refractivity contribution in [2.24, 2.45) is 10.2 Å². The number of phenols is 1. The van der Waals surface area contributed by atoms with E-state index in [0.717, 1.165) is 0 Å². The van der Waals surface area contributed by atoms with Crippen molar-refractivity contribution in [2.75, 3.05) is 0 Å². The lowest BCUT2D eigenvalue weighted by molar-refractivity contribution is -0.385. The Labute approximate surface area is 102 Å². The first kappa shape index (κ1) is 11.7. The van der Waals surface area contributed by atoms with E-state index in [9.17, 15) is 15.2 Å². The van der Waals surface area contributed by atoms with Gasteiger partial charge in [-0.15, -0.1) is 0 Å². The average molecular weight is 243 g/mol. The van der Waals surface area contributed by atoms with E-state index in [2.05, 4.69) is 10.2 Å². The summed E-state index contributed by atoms with van der Waals surface area (Å²) in [6.07, 6.45) is 0. The third-order valence-corrected chi connectivity index (χ3v) is 2.19. The number of phenolic OH excluding ortho intramolecular Hbond substituents is 1. The van der Waals surface area contributed by atoms with Crippen LogP contribution in [0.2, 0.25) is 0 Å². The molecule has 0 unspecified atom stereocenters. The quantitative estimate of drug-likeness (QED) is 0.506. The highest BCUT2D eigenvalue weighted by atomic mass is 16.6. The van der Waals surface area contributed by atoms with Crippen LogP contribution < -0.4 is 0 Å². The first-order chi connectivity index (χ1) is 8.66. The van der Waals surface area contributed by atoms with Crippen LogP contribution in [0.5, 0.6) is 5.75 Å². The van der Waals surface area contributed by atoms with Crippen LogP contribution in [0.4, 0.5) is 17.1 Å². The normalized spacial score (nSPS) is 10.7. The van der Waals surface area contributed by atoms with Crippen LogP contribution in [0.15, 0.2) is 58.8 Å². The van der Waals surface area contributed by atoms with Crippen molar-refractivity contribution in [2.45, 2.75) is 0 Å². The second kappa shape index (κ2) is 5.05. The molecule has 6 nitrogen and oxygen atoms in total. The molecule has 0 saturated carbocycles. The molecule has 0 saturated heterocycles. The molecule has 0 aliphatic carbocycles. The molecule has 0 heterocycles. The molecule has 0 radical (unpaired) electrons. The molecular formula is C12H9N3O3. The van der Waals surface area contributed by atoms with E-state index in [1.165, 1.54) is 18.2 Å². The Hall–Kier alpha value is -2.76. The van der Waals surface area contributed by atoms with Crippen molar-refractivity contribution in [3.8, 4) is 5.75 Å². The fraction of sp³-hybridized carbons (Fsp3) is 0. The smallest absolute Gasteiger partial charge is 0.312 e. The number of hydrogen-bond donors (Lipinski definition) is 1. The third-order valence-electron chi connectivity index (χ3n) is 2.19. The summed E-state index contributed by atoms with van der Waals surface area (Å²) in [5, 5.41) is 27.7. The van der Waals surface area contributed by atoms with E-state index in [4.69, 9.17) is 0 Å². The van der Waals surface area contributed by atoms with Gasteiger partial charge in [0.25, 0.3) is 0 Å². The van der Waals surface area contributed by atoms with E-state index >= 15 is 0 Å². The van der Waals surface area contributed by atoms with Gasteiger partial charge >= 0.3 is 5.69 Å². The summed E-state index contributed by atoms with van der Waals surface area (Å²) in [4.78, 5) is 9.95. The molecule has 0 amide bonds. The summed E-state index contributed by atoms with van der Waals surface area (Å²) in [6.45, 7) is 0. The minimum Gasteiger partial charge on any atom is -0.502 e. The molecule has 2 rings (SSSR count). The SMILES string of the molecule is O=[N+]([O-])c1cc(N=Nc2ccccc2)ccc1O. The van der Waals surface area contributed by atoms with Crippen molar-refractivity contribution in [3.05, 3.63) is 58.6 Å². The summed E-state index contributed by atoms with van der Waals surface area (Å²) < 4.78 is 0. The molecule has 0 aliphatic heterocycles. The monoisotopic (exact) mass is 243 g/mol. The fourth-order valence-corrected chi connectivity index (χ4v) is 1.33. The summed E-state index contributed by atoms with van der Waals surface area (Å²) in [5.74, 6) is -0.390. The number of nitro groups is 1. The lowest BCUT2D eigenvalue weighted by Crippen LogP contribution is -1.87. The topological polar surface area (TPSA) is 88.1 Å². The van der Waals surface area contributed by atoms with Gasteiger partial charge < -0.3 is 5.11 Å². The lowest BCUT2D eigenvalue weighted by Gasteiger charge is -1.96. The molecule has 2 aromatic rings. The van der Waals surface area contributed by atoms with Gasteiger partial charge in [0.15, 0.2) is 5.75 Å². The summed E-state index contributed by atoms with van der Waals surface area (Å²) in [7, 11) is 0. The first-order valence-electron chi connectivity index (χ1n) is 5.11. The van der Waals surface area contributed by atoms with Crippen LogP contribution in [-0.4, -0.2) is 10.0 Å². The molecule has 2 aromatic carbocycles. The van der Waals surface area contributed by atoms with Crippen LogP contribution in [0.25, 0.3) is 0 Å². The van der Waals surface area contributed by atoms with E-state index in [0.29, 0.717) is 11.4 Å². The number of nitrogens with zero attached hydrogens (tertiary/aromatic N) is 3. The summed E-state index contributed by atoms with van der Waals surface area (Å²) in [5.41, 5.74) is 0.566. The standard InChI is InChI=1S/C12H9N3O3/c16-12-7-6-10(8-11(12)15(17)18)14-13-9-4-2-1-3-5-9/h1-8,16H. The molecule has 0 spiro atoms. The van der Waals surface area contributed by atoms with Crippen LogP contribution in [0.1, 0.15) is 0 Å². The highest BCUT2D eigenvalue weighted by Gasteiger charge is 2.13. The van der Waals surface area contributed by atoms with Gasteiger partial charge in [-0.1, -0.05) is 18.2 Å². The number of azo groups is 1. The van der Waals surface area contributed by atoms with Crippen LogP contribution in [0, 0.1) is 10.1 Å². The Balaban J connectivity index is 2.28. The molecule has 6 heteroatoms. The van der Waals surface area contributed by atoms with Gasteiger partial charge in [-0.2, -0.15) is 10.2 Å². The van der Waals surface area contributed by atoms with Gasteiger partial charge in [0, 0.05) is 6.07 Å². The largest absolute Gasteiger partial charge is 0.502 e. The van der Waals surface area contributed by atoms with Crippen LogP contribution in [-0.2, 0) is 0 Å². The summed E-state index contributed by atoms with van der Waals surface area (Å²) >= 11 is 0. The highest BCUT2D eigenvalue weighted by Crippen LogP contribution is 2.30. The van der Waals surface area contributed by atoms with E-state index < -0.39 is 10.7 Å². The van der Waals surface area contributed by atoms with Crippen molar-refractivity contribution in [1.82, 2.24) is 0 Å². The first-order valence-corrected chi connectivity index (χ1v) is 5.11. The third kappa shape index (κ3) is 2.67. The molecule has 90 valence electrons. The Bertz CT molecular complexity index is 597. The second-order valence-electron chi connectivity index (χ2n) is 3.47. The van der Waals surface area contributed by atoms with Gasteiger partial charge in [0.2, 0.25) is 0 Å². The maximum Gasteiger partial charge on any atom is 0.312 e. The van der Waals surface area contributed by atoms with Crippen LogP contribution >= 0.6 is 0 Å². The minimum atomic E-state index is -0.670. The number of hydrogen-bond acceptors (Lipinski definition) is 5. The lowest BCUT2D eigenvalue weighted by atomic mass is 10.2. The summed E-state index contributed by atoms with van der Waals surface area (Å²) in [6, 6.07) is 12.8. The number of nitro benzene ring substituents is 1. The number of benzene rings is 2. The van der Waals surface area contributed by atoms with Crippen molar-refractivity contribution >= 4 is 17.1 Å². The molecule has 0 bridgehead atoms. The Morgan fingerprint density at radius 3 is 2.33 bits per heavy atom. The van der Waals surface area contributed by atoms with E-state index in [-0.39, 0.29) is 5.69 Å². The molecule has 0 aliphatic rings. The minimum absolute atomic E-state index is 0.309. The average Bonchev–Trinajstić information content (AvgIpc) is 2.38. The molecule has 0 fully saturated rings. The maximum atomic E-state index is 10.6. The van der Waals surface area contributed by atoms with E-state index in [1.807, 2.05) is 18.2 Å². The Morgan fingerprint density at radius 2 is 1.67 bits per heavy atom. The molecule has 0 aromatic heterocycles. The zero-order valence-electron chi connectivity index (χ0n) is 9.22. The predicted octanol–water partition coefficient (Wildman–Crippen LogP) is 3.72. The van der Waals surface area contributed by atoms with Crippen molar-refractivity contribution in [1.29, 1.82) is 0 Å². The van der Waals surface area contributed by atoms with Gasteiger partial charge in [0.1, 0.15) is 0 Å². The molecule has 0 atom stereocenters. The number of rotatable bonds is 3. The number of aromatic hydroxyl groups is 1. The van der Waals surface area contributed by atoms with Gasteiger partial charge in [-0.3, -0.25) is 10.1 Å². The van der Waals surface area contributed by atoms with Gasteiger partial charge in [-0.25, -0.2) is 0 Å². The highest BCUT2D eigenvalue weighted by molar-refractivity contribution is 5.55. The Kier molecular flexibility index (Phi) is 3.29. The van der Waals surface area contributed by atoms with Gasteiger partial charge in [-0.05, 0) is 24.3 Å². The van der Waals surface area contributed by atoms with Crippen molar-refractivity contribution < 1.29 is 10.0 Å². The van der Waals surface area contributed by atoms with Crippen molar-refractivity contribution in [3.63, 3.8) is 0 Å². The predicted molar refractivity (Wildman–Crippen MR) is 65.4 cm³/mol. The zero-order chi connectivity index (χ0) is 13.0. The van der Waals surface area contributed by atoms with E-state index in [1.54, 1.807) is 12.1 Å². The second-order valence-corrected chi connectivity index (χ2v) is 3.47. The fourth-order valence-electron chi connectivity index (χ4n) is 1.33. The van der Waals surface area contributed by atoms with Crippen LogP contribution in [0.3, 0.4) is 0 Å². The maximum absolute atomic E-state index is 10.6. The molecule has 1 N–H and O–H groups in total. The molecule has 18 heavy (non-hydrogen) atoms. The zero-order valence-corrected chi connectivity index (χ0v) is 9.22.